The first-order valence-corrected chi connectivity index (χ1v) is 11.2. The Morgan fingerprint density at radius 2 is 1.75 bits per heavy atom. The maximum Gasteiger partial charge on any atom is 0.271 e. The van der Waals surface area contributed by atoms with Gasteiger partial charge in [0.05, 0.1) is 15.1 Å². The maximum atomic E-state index is 12.6. The largest absolute Gasteiger partial charge is 0.318 e. The van der Waals surface area contributed by atoms with Gasteiger partial charge >= 0.3 is 0 Å². The van der Waals surface area contributed by atoms with E-state index in [4.69, 9.17) is 0 Å². The molecule has 3 aromatic rings. The Morgan fingerprint density at radius 1 is 1.07 bits per heavy atom. The molecule has 1 saturated heterocycles. The smallest absolute Gasteiger partial charge is 0.271 e. The van der Waals surface area contributed by atoms with Crippen LogP contribution < -0.4 is 10.2 Å². The highest BCUT2D eigenvalue weighted by atomic mass is 32.2. The Balaban J connectivity index is 1.53. The minimum atomic E-state index is -3.48. The molecule has 0 atom stereocenters. The Bertz CT molecular complexity index is 1190. The van der Waals surface area contributed by atoms with E-state index in [1.807, 2.05) is 35.9 Å². The SMILES string of the molecule is Cn1/c(=N\NC(=O)c2ccc(S(=O)(=O)N3CCCC3)cc2)sc2ccccc21. The first kappa shape index (κ1) is 18.9. The number of fused-ring (bicyclic) bond motifs is 1. The molecule has 0 bridgehead atoms. The summed E-state index contributed by atoms with van der Waals surface area (Å²) in [7, 11) is -1.59. The number of nitrogens with zero attached hydrogens (tertiary/aromatic N) is 3. The molecule has 7 nitrogen and oxygen atoms in total. The van der Waals surface area contributed by atoms with Crippen molar-refractivity contribution in [3.8, 4) is 0 Å². The first-order valence-electron chi connectivity index (χ1n) is 8.96. The summed E-state index contributed by atoms with van der Waals surface area (Å²) in [6.07, 6.45) is 1.77. The molecule has 1 aliphatic rings. The third kappa shape index (κ3) is 3.48. The summed E-state index contributed by atoms with van der Waals surface area (Å²) >= 11 is 1.48. The first-order chi connectivity index (χ1) is 13.5. The normalized spacial score (nSPS) is 16.0. The van der Waals surface area contributed by atoms with Crippen LogP contribution in [0.25, 0.3) is 10.2 Å². The zero-order chi connectivity index (χ0) is 19.7. The fourth-order valence-electron chi connectivity index (χ4n) is 3.21. The molecule has 0 spiro atoms. The van der Waals surface area contributed by atoms with Crippen LogP contribution in [0.2, 0.25) is 0 Å². The van der Waals surface area contributed by atoms with Crippen molar-refractivity contribution in [2.45, 2.75) is 17.7 Å². The highest BCUT2D eigenvalue weighted by Gasteiger charge is 2.27. The molecule has 4 rings (SSSR count). The number of sulfonamides is 1. The van der Waals surface area contributed by atoms with E-state index < -0.39 is 10.0 Å². The lowest BCUT2D eigenvalue weighted by Crippen LogP contribution is -2.28. The van der Waals surface area contributed by atoms with Gasteiger partial charge in [0.15, 0.2) is 0 Å². The van der Waals surface area contributed by atoms with Crippen LogP contribution in [-0.4, -0.2) is 36.3 Å². The molecule has 2 aromatic carbocycles. The number of para-hydroxylation sites is 1. The number of benzene rings is 2. The second-order valence-electron chi connectivity index (χ2n) is 6.60. The number of aryl methyl sites for hydroxylation is 1. The molecule has 1 aromatic heterocycles. The van der Waals surface area contributed by atoms with Crippen molar-refractivity contribution >= 4 is 37.5 Å². The third-order valence-electron chi connectivity index (χ3n) is 4.79. The Hall–Kier alpha value is -2.49. The summed E-state index contributed by atoms with van der Waals surface area (Å²) < 4.78 is 29.6. The van der Waals surface area contributed by atoms with E-state index in [1.54, 1.807) is 0 Å². The summed E-state index contributed by atoms with van der Waals surface area (Å²) in [5, 5.41) is 4.21. The van der Waals surface area contributed by atoms with Gasteiger partial charge in [-0.1, -0.05) is 23.5 Å². The van der Waals surface area contributed by atoms with Gasteiger partial charge in [0.25, 0.3) is 5.91 Å². The van der Waals surface area contributed by atoms with Crippen LogP contribution in [0, 0.1) is 0 Å². The lowest BCUT2D eigenvalue weighted by atomic mass is 10.2. The average molecular weight is 417 g/mol. The van der Waals surface area contributed by atoms with Crippen LogP contribution in [0.3, 0.4) is 0 Å². The van der Waals surface area contributed by atoms with Crippen LogP contribution in [0.4, 0.5) is 0 Å². The van der Waals surface area contributed by atoms with E-state index in [1.165, 1.54) is 39.9 Å². The quantitative estimate of drug-likeness (QED) is 0.662. The van der Waals surface area contributed by atoms with Crippen LogP contribution in [0.1, 0.15) is 23.2 Å². The minimum Gasteiger partial charge on any atom is -0.318 e. The molecule has 0 saturated carbocycles. The Kier molecular flexibility index (Phi) is 5.05. The zero-order valence-electron chi connectivity index (χ0n) is 15.3. The monoisotopic (exact) mass is 416 g/mol. The molecule has 1 amide bonds. The molecule has 28 heavy (non-hydrogen) atoms. The van der Waals surface area contributed by atoms with E-state index in [0.717, 1.165) is 23.1 Å². The Labute approximate surface area is 167 Å². The van der Waals surface area contributed by atoms with Gasteiger partial charge in [0.1, 0.15) is 0 Å². The van der Waals surface area contributed by atoms with Crippen molar-refractivity contribution in [1.82, 2.24) is 14.3 Å². The van der Waals surface area contributed by atoms with Crippen LogP contribution in [-0.2, 0) is 17.1 Å². The molecule has 1 fully saturated rings. The summed E-state index contributed by atoms with van der Waals surface area (Å²) in [4.78, 5) is 13.3. The summed E-state index contributed by atoms with van der Waals surface area (Å²) in [6.45, 7) is 1.10. The van der Waals surface area contributed by atoms with Crippen molar-refractivity contribution in [2.75, 3.05) is 13.1 Å². The lowest BCUT2D eigenvalue weighted by molar-refractivity contribution is 0.0953. The van der Waals surface area contributed by atoms with Gasteiger partial charge in [-0.3, -0.25) is 4.79 Å². The maximum absolute atomic E-state index is 12.6. The van der Waals surface area contributed by atoms with Crippen LogP contribution in [0.15, 0.2) is 58.5 Å². The number of aromatic nitrogens is 1. The van der Waals surface area contributed by atoms with Crippen LogP contribution in [0.5, 0.6) is 0 Å². The Morgan fingerprint density at radius 3 is 2.43 bits per heavy atom. The van der Waals surface area contributed by atoms with Crippen molar-refractivity contribution in [2.24, 2.45) is 12.1 Å². The van der Waals surface area contributed by atoms with Gasteiger partial charge in [-0.25, -0.2) is 13.8 Å². The van der Waals surface area contributed by atoms with Gasteiger partial charge in [-0.2, -0.15) is 4.31 Å². The van der Waals surface area contributed by atoms with E-state index in [2.05, 4.69) is 10.5 Å². The van der Waals surface area contributed by atoms with E-state index in [0.29, 0.717) is 23.5 Å². The number of hydrogen-bond donors (Lipinski definition) is 1. The standard InChI is InChI=1S/C19H20N4O3S2/c1-22-16-6-2-3-7-17(16)27-19(22)21-20-18(24)14-8-10-15(11-9-14)28(25,26)23-12-4-5-13-23/h2-3,6-11H,4-5,12-13H2,1H3,(H,20,24)/b21-19+. The van der Waals surface area contributed by atoms with Crippen molar-refractivity contribution in [3.63, 3.8) is 0 Å². The van der Waals surface area contributed by atoms with Gasteiger partial charge < -0.3 is 4.57 Å². The van der Waals surface area contributed by atoms with Gasteiger partial charge in [-0.15, -0.1) is 5.10 Å². The fraction of sp³-hybridized carbons (Fsp3) is 0.263. The molecular formula is C19H20N4O3S2. The molecule has 146 valence electrons. The number of hydrogen-bond acceptors (Lipinski definition) is 5. The number of thiazole rings is 1. The summed E-state index contributed by atoms with van der Waals surface area (Å²) in [6, 6.07) is 13.9. The number of carbonyl (C=O) groups is 1. The second kappa shape index (κ2) is 7.50. The highest BCUT2D eigenvalue weighted by Crippen LogP contribution is 2.21. The van der Waals surface area contributed by atoms with E-state index >= 15 is 0 Å². The van der Waals surface area contributed by atoms with Crippen LogP contribution >= 0.6 is 11.3 Å². The van der Waals surface area contributed by atoms with Crippen molar-refractivity contribution in [3.05, 3.63) is 58.9 Å². The lowest BCUT2D eigenvalue weighted by Gasteiger charge is -2.15. The van der Waals surface area contributed by atoms with Crippen molar-refractivity contribution in [1.29, 1.82) is 0 Å². The molecule has 0 radical (unpaired) electrons. The minimum absolute atomic E-state index is 0.207. The molecule has 0 aliphatic carbocycles. The highest BCUT2D eigenvalue weighted by molar-refractivity contribution is 7.89. The predicted molar refractivity (Wildman–Crippen MR) is 108 cm³/mol. The van der Waals surface area contributed by atoms with Gasteiger partial charge in [0.2, 0.25) is 14.8 Å². The third-order valence-corrected chi connectivity index (χ3v) is 7.81. The number of carbonyl (C=O) groups excluding carboxylic acids is 1. The van der Waals surface area contributed by atoms with Gasteiger partial charge in [0, 0.05) is 25.7 Å². The predicted octanol–water partition coefficient (Wildman–Crippen LogP) is 2.27. The molecule has 1 aliphatic heterocycles. The molecule has 0 unspecified atom stereocenters. The van der Waals surface area contributed by atoms with Crippen molar-refractivity contribution < 1.29 is 13.2 Å². The van der Waals surface area contributed by atoms with Gasteiger partial charge in [-0.05, 0) is 49.2 Å². The van der Waals surface area contributed by atoms with E-state index in [-0.39, 0.29) is 10.8 Å². The summed E-state index contributed by atoms with van der Waals surface area (Å²) in [5.74, 6) is -0.387. The zero-order valence-corrected chi connectivity index (χ0v) is 17.0. The number of rotatable bonds is 4. The summed E-state index contributed by atoms with van der Waals surface area (Å²) in [5.41, 5.74) is 3.94. The van der Waals surface area contributed by atoms with E-state index in [9.17, 15) is 13.2 Å². The molecule has 9 heteroatoms. The molecular weight excluding hydrogens is 396 g/mol. The number of amides is 1. The average Bonchev–Trinajstić information content (AvgIpc) is 3.36. The molecule has 1 N–H and O–H groups in total. The topological polar surface area (TPSA) is 83.8 Å². The second-order valence-corrected chi connectivity index (χ2v) is 9.55. The fourth-order valence-corrected chi connectivity index (χ4v) is 5.70. The number of nitrogens with one attached hydrogen (secondary N) is 1. The molecule has 2 heterocycles.